The highest BCUT2D eigenvalue weighted by Crippen LogP contribution is 2.10. The molecule has 110 valence electrons. The Morgan fingerprint density at radius 1 is 1.21 bits per heavy atom. The minimum absolute atomic E-state index is 0.0451. The lowest BCUT2D eigenvalue weighted by Crippen LogP contribution is -2.44. The summed E-state index contributed by atoms with van der Waals surface area (Å²) in [4.78, 5) is 34.2. The summed E-state index contributed by atoms with van der Waals surface area (Å²) in [6, 6.07) is -0.439. The van der Waals surface area contributed by atoms with E-state index >= 15 is 0 Å². The van der Waals surface area contributed by atoms with E-state index in [-0.39, 0.29) is 35.2 Å². The number of nitrogens with one attached hydrogen (secondary N) is 1. The van der Waals surface area contributed by atoms with E-state index in [1.165, 1.54) is 25.8 Å². The van der Waals surface area contributed by atoms with Gasteiger partial charge in [0.05, 0.1) is 24.8 Å². The van der Waals surface area contributed by atoms with Crippen molar-refractivity contribution in [1.82, 2.24) is 5.32 Å². The van der Waals surface area contributed by atoms with Gasteiger partial charge in [0.25, 0.3) is 0 Å². The molecule has 1 amide bonds. The maximum absolute atomic E-state index is 11.7. The molecule has 0 fully saturated rings. The van der Waals surface area contributed by atoms with Gasteiger partial charge in [-0.25, -0.2) is 0 Å². The maximum Gasteiger partial charge on any atom is 0.309 e. The lowest BCUT2D eigenvalue weighted by atomic mass is 10.0. The fourth-order valence-electron chi connectivity index (χ4n) is 1.55. The molecule has 0 heterocycles. The molecular weight excluding hydrogens is 266 g/mol. The van der Waals surface area contributed by atoms with Crippen LogP contribution < -0.4 is 5.32 Å². The van der Waals surface area contributed by atoms with Gasteiger partial charge in [0.1, 0.15) is 0 Å². The van der Waals surface area contributed by atoms with Crippen LogP contribution >= 0.6 is 11.8 Å². The highest BCUT2D eigenvalue weighted by atomic mass is 32.2. The predicted octanol–water partition coefficient (Wildman–Crippen LogP) is 1.26. The lowest BCUT2D eigenvalue weighted by molar-refractivity contribution is -0.144. The molecule has 0 aromatic heterocycles. The molecular formula is C13H23NO4S. The second-order valence-electron chi connectivity index (χ2n) is 4.84. The molecule has 0 aliphatic heterocycles. The number of rotatable bonds is 8. The minimum Gasteiger partial charge on any atom is -0.469 e. The molecule has 2 unspecified atom stereocenters. The Morgan fingerprint density at radius 2 is 1.79 bits per heavy atom. The number of thioether (sulfide) groups is 1. The van der Waals surface area contributed by atoms with Crippen molar-refractivity contribution >= 4 is 29.4 Å². The zero-order chi connectivity index (χ0) is 15.0. The quantitative estimate of drug-likeness (QED) is 0.681. The molecule has 0 aromatic rings. The molecule has 5 nitrogen and oxygen atoms in total. The third-order valence-electron chi connectivity index (χ3n) is 2.63. The van der Waals surface area contributed by atoms with Crippen molar-refractivity contribution in [3.63, 3.8) is 0 Å². The number of Topliss-reactive ketones (excluding diaryl/α,β-unsaturated/α-hetero) is 1. The topological polar surface area (TPSA) is 72.5 Å². The Labute approximate surface area is 118 Å². The van der Waals surface area contributed by atoms with Crippen LogP contribution in [0.25, 0.3) is 0 Å². The van der Waals surface area contributed by atoms with Crippen molar-refractivity contribution in [1.29, 1.82) is 0 Å². The number of ether oxygens (including phenoxy) is 1. The summed E-state index contributed by atoms with van der Waals surface area (Å²) in [5.74, 6) is 0.0746. The van der Waals surface area contributed by atoms with E-state index in [0.717, 1.165) is 0 Å². The van der Waals surface area contributed by atoms with E-state index in [2.05, 4.69) is 10.1 Å². The van der Waals surface area contributed by atoms with E-state index < -0.39 is 6.04 Å². The second-order valence-corrected chi connectivity index (χ2v) is 5.87. The molecule has 0 aromatic carbocycles. The molecule has 19 heavy (non-hydrogen) atoms. The molecule has 0 bridgehead atoms. The smallest absolute Gasteiger partial charge is 0.309 e. The van der Waals surface area contributed by atoms with Gasteiger partial charge < -0.3 is 10.1 Å². The van der Waals surface area contributed by atoms with Crippen molar-refractivity contribution in [2.24, 2.45) is 11.8 Å². The normalized spacial score (nSPS) is 13.8. The van der Waals surface area contributed by atoms with Gasteiger partial charge in [0.15, 0.2) is 5.78 Å². The minimum atomic E-state index is -0.439. The average Bonchev–Trinajstić information content (AvgIpc) is 2.33. The summed E-state index contributed by atoms with van der Waals surface area (Å²) in [7, 11) is 1.34. The highest BCUT2D eigenvalue weighted by molar-refractivity contribution is 7.99. The highest BCUT2D eigenvalue weighted by Gasteiger charge is 2.21. The Hall–Kier alpha value is -1.04. The molecule has 0 saturated heterocycles. The number of esters is 1. The zero-order valence-electron chi connectivity index (χ0n) is 12.2. The van der Waals surface area contributed by atoms with Gasteiger partial charge in [-0.1, -0.05) is 20.8 Å². The Kier molecular flexibility index (Phi) is 8.47. The van der Waals surface area contributed by atoms with Gasteiger partial charge in [0.2, 0.25) is 5.91 Å². The summed E-state index contributed by atoms with van der Waals surface area (Å²) in [6.45, 7) is 7.00. The van der Waals surface area contributed by atoms with Crippen LogP contribution in [0.3, 0.4) is 0 Å². The summed E-state index contributed by atoms with van der Waals surface area (Å²) in [6.07, 6.45) is 0. The van der Waals surface area contributed by atoms with Gasteiger partial charge in [-0.3, -0.25) is 14.4 Å². The van der Waals surface area contributed by atoms with Crippen LogP contribution in [-0.4, -0.2) is 42.3 Å². The largest absolute Gasteiger partial charge is 0.469 e. The Morgan fingerprint density at radius 3 is 2.21 bits per heavy atom. The van der Waals surface area contributed by atoms with Crippen molar-refractivity contribution in [2.45, 2.75) is 33.7 Å². The summed E-state index contributed by atoms with van der Waals surface area (Å²) in [5.41, 5.74) is 0. The Balaban J connectivity index is 4.05. The van der Waals surface area contributed by atoms with Crippen LogP contribution in [-0.2, 0) is 19.1 Å². The first-order valence-electron chi connectivity index (χ1n) is 6.25. The molecule has 0 saturated carbocycles. The molecule has 0 aliphatic carbocycles. The van der Waals surface area contributed by atoms with E-state index in [9.17, 15) is 14.4 Å². The summed E-state index contributed by atoms with van der Waals surface area (Å²) in [5, 5.41) is 2.71. The zero-order valence-corrected chi connectivity index (χ0v) is 13.0. The van der Waals surface area contributed by atoms with Crippen LogP contribution in [0.2, 0.25) is 0 Å². The van der Waals surface area contributed by atoms with Gasteiger partial charge >= 0.3 is 5.97 Å². The van der Waals surface area contributed by atoms with E-state index in [4.69, 9.17) is 0 Å². The van der Waals surface area contributed by atoms with Crippen molar-refractivity contribution in [3.8, 4) is 0 Å². The number of amides is 1. The fourth-order valence-corrected chi connectivity index (χ4v) is 2.43. The first kappa shape index (κ1) is 18.0. The Bertz CT molecular complexity index is 331. The van der Waals surface area contributed by atoms with Crippen molar-refractivity contribution in [2.75, 3.05) is 18.6 Å². The average molecular weight is 289 g/mol. The van der Waals surface area contributed by atoms with Crippen LogP contribution in [0, 0.1) is 11.8 Å². The van der Waals surface area contributed by atoms with Crippen LogP contribution in [0.1, 0.15) is 27.7 Å². The molecule has 0 aliphatic rings. The fraction of sp³-hybridized carbons (Fsp3) is 0.769. The lowest BCUT2D eigenvalue weighted by Gasteiger charge is -2.19. The number of hydrogen-bond donors (Lipinski definition) is 1. The summed E-state index contributed by atoms with van der Waals surface area (Å²) >= 11 is 1.35. The maximum atomic E-state index is 11.7. The van der Waals surface area contributed by atoms with E-state index in [1.54, 1.807) is 6.92 Å². The third kappa shape index (κ3) is 7.20. The first-order valence-corrected chi connectivity index (χ1v) is 7.40. The SMILES string of the molecule is COC(=O)C(C)CSCC(=O)NC(C(C)=O)C(C)C. The van der Waals surface area contributed by atoms with Crippen molar-refractivity contribution < 1.29 is 19.1 Å². The number of carbonyl (C=O) groups is 3. The number of ketones is 1. The number of carbonyl (C=O) groups excluding carboxylic acids is 3. The van der Waals surface area contributed by atoms with Crippen LogP contribution in [0.15, 0.2) is 0 Å². The van der Waals surface area contributed by atoms with Crippen molar-refractivity contribution in [3.05, 3.63) is 0 Å². The van der Waals surface area contributed by atoms with Gasteiger partial charge in [-0.2, -0.15) is 11.8 Å². The van der Waals surface area contributed by atoms with E-state index in [0.29, 0.717) is 5.75 Å². The standard InChI is InChI=1S/C13H23NO4S/c1-8(2)12(10(4)15)14-11(16)7-19-6-9(3)13(17)18-5/h8-9,12H,6-7H2,1-5H3,(H,14,16). The molecule has 0 rings (SSSR count). The monoisotopic (exact) mass is 289 g/mol. The first-order chi connectivity index (χ1) is 8.79. The van der Waals surface area contributed by atoms with E-state index in [1.807, 2.05) is 13.8 Å². The molecule has 0 spiro atoms. The molecule has 6 heteroatoms. The number of methoxy groups -OCH3 is 1. The van der Waals surface area contributed by atoms with Gasteiger partial charge in [-0.15, -0.1) is 0 Å². The molecule has 2 atom stereocenters. The molecule has 1 N–H and O–H groups in total. The van der Waals surface area contributed by atoms with Gasteiger partial charge in [0, 0.05) is 5.75 Å². The predicted molar refractivity (Wildman–Crippen MR) is 76.0 cm³/mol. The number of hydrogen-bond acceptors (Lipinski definition) is 5. The van der Waals surface area contributed by atoms with Crippen LogP contribution in [0.4, 0.5) is 0 Å². The van der Waals surface area contributed by atoms with Gasteiger partial charge in [-0.05, 0) is 12.8 Å². The second kappa shape index (κ2) is 8.96. The third-order valence-corrected chi connectivity index (χ3v) is 3.83. The molecule has 0 radical (unpaired) electrons. The summed E-state index contributed by atoms with van der Waals surface area (Å²) < 4.78 is 4.60. The van der Waals surface area contributed by atoms with Crippen LogP contribution in [0.5, 0.6) is 0 Å².